The molecule has 1 aliphatic rings. The Morgan fingerprint density at radius 1 is 1.29 bits per heavy atom. The summed E-state index contributed by atoms with van der Waals surface area (Å²) in [5.74, 6) is 1.03. The highest BCUT2D eigenvalue weighted by atomic mass is 16.5. The van der Waals surface area contributed by atoms with Crippen LogP contribution in [-0.2, 0) is 11.3 Å². The van der Waals surface area contributed by atoms with Crippen LogP contribution in [0.25, 0.3) is 0 Å². The molecule has 1 heterocycles. The summed E-state index contributed by atoms with van der Waals surface area (Å²) >= 11 is 0. The van der Waals surface area contributed by atoms with Crippen LogP contribution in [0.15, 0.2) is 30.3 Å². The molecule has 2 rings (SSSR count). The van der Waals surface area contributed by atoms with Crippen molar-refractivity contribution in [3.8, 4) is 0 Å². The normalized spacial score (nSPS) is 19.9. The van der Waals surface area contributed by atoms with Gasteiger partial charge < -0.3 is 15.0 Å². The molecule has 24 heavy (non-hydrogen) atoms. The van der Waals surface area contributed by atoms with Crippen molar-refractivity contribution >= 4 is 6.09 Å². The molecule has 1 aromatic rings. The van der Waals surface area contributed by atoms with Crippen LogP contribution in [-0.4, -0.2) is 37.2 Å². The first-order valence-corrected chi connectivity index (χ1v) is 9.21. The second-order valence-electron chi connectivity index (χ2n) is 7.37. The Kier molecular flexibility index (Phi) is 7.57. The highest BCUT2D eigenvalue weighted by Gasteiger charge is 2.29. The summed E-state index contributed by atoms with van der Waals surface area (Å²) in [6, 6.07) is 10.4. The maximum atomic E-state index is 12.0. The minimum absolute atomic E-state index is 0.314. The van der Waals surface area contributed by atoms with Gasteiger partial charge in [-0.25, -0.2) is 4.79 Å². The Balaban J connectivity index is 1.81. The van der Waals surface area contributed by atoms with E-state index in [0.29, 0.717) is 31.0 Å². The molecule has 0 aliphatic carbocycles. The number of hydrogen-bond donors (Lipinski definition) is 1. The number of carbonyl (C=O) groups is 1. The Hall–Kier alpha value is -1.55. The summed E-state index contributed by atoms with van der Waals surface area (Å²) in [4.78, 5) is 14.5. The average Bonchev–Trinajstić information content (AvgIpc) is 2.58. The van der Waals surface area contributed by atoms with E-state index < -0.39 is 0 Å². The lowest BCUT2D eigenvalue weighted by Crippen LogP contribution is -2.44. The zero-order chi connectivity index (χ0) is 17.4. The van der Waals surface area contributed by atoms with Crippen molar-refractivity contribution in [2.45, 2.75) is 52.1 Å². The van der Waals surface area contributed by atoms with Gasteiger partial charge in [0.1, 0.15) is 0 Å². The Morgan fingerprint density at radius 3 is 2.71 bits per heavy atom. The molecule has 4 heteroatoms. The molecule has 1 aliphatic heterocycles. The van der Waals surface area contributed by atoms with Crippen LogP contribution in [0.2, 0.25) is 0 Å². The van der Waals surface area contributed by atoms with E-state index in [4.69, 9.17) is 4.74 Å². The monoisotopic (exact) mass is 332 g/mol. The highest BCUT2D eigenvalue weighted by molar-refractivity contribution is 5.67. The summed E-state index contributed by atoms with van der Waals surface area (Å²) in [7, 11) is 2.20. The lowest BCUT2D eigenvalue weighted by Gasteiger charge is -2.38. The van der Waals surface area contributed by atoms with Gasteiger partial charge in [0, 0.05) is 18.5 Å². The van der Waals surface area contributed by atoms with Crippen molar-refractivity contribution in [1.82, 2.24) is 10.2 Å². The Bertz CT molecular complexity index is 490. The fourth-order valence-corrected chi connectivity index (χ4v) is 3.64. The van der Waals surface area contributed by atoms with Crippen molar-refractivity contribution in [3.63, 3.8) is 0 Å². The van der Waals surface area contributed by atoms with Gasteiger partial charge in [-0.2, -0.15) is 0 Å². The Labute approximate surface area is 146 Å². The van der Waals surface area contributed by atoms with Crippen LogP contribution in [0.3, 0.4) is 0 Å². The van der Waals surface area contributed by atoms with Gasteiger partial charge in [0.2, 0.25) is 0 Å². The first-order valence-electron chi connectivity index (χ1n) is 9.21. The van der Waals surface area contributed by atoms with Gasteiger partial charge >= 0.3 is 6.09 Å². The number of likely N-dealkylation sites (tertiary alicyclic amines) is 1. The topological polar surface area (TPSA) is 41.6 Å². The minimum atomic E-state index is -0.314. The second kappa shape index (κ2) is 9.67. The van der Waals surface area contributed by atoms with Gasteiger partial charge in [0.25, 0.3) is 0 Å². The van der Waals surface area contributed by atoms with Crippen LogP contribution in [0, 0.1) is 11.8 Å². The number of carbonyl (C=O) groups excluding carboxylic acids is 1. The number of nitrogens with one attached hydrogen (secondary N) is 1. The number of rotatable bonds is 7. The third-order valence-electron chi connectivity index (χ3n) is 4.85. The molecule has 0 spiro atoms. The third kappa shape index (κ3) is 6.16. The number of piperidine rings is 1. The fraction of sp³-hybridized carbons (Fsp3) is 0.650. The van der Waals surface area contributed by atoms with E-state index in [9.17, 15) is 4.79 Å². The van der Waals surface area contributed by atoms with Gasteiger partial charge in [0.15, 0.2) is 0 Å². The van der Waals surface area contributed by atoms with Gasteiger partial charge in [0.05, 0.1) is 6.61 Å². The van der Waals surface area contributed by atoms with Crippen LogP contribution < -0.4 is 5.32 Å². The Morgan fingerprint density at radius 2 is 2.04 bits per heavy atom. The number of ether oxygens (including phenoxy) is 1. The van der Waals surface area contributed by atoms with Crippen LogP contribution in [0.5, 0.6) is 0 Å². The molecule has 1 saturated heterocycles. The van der Waals surface area contributed by atoms with E-state index in [-0.39, 0.29) is 6.09 Å². The number of amides is 1. The van der Waals surface area contributed by atoms with Crippen molar-refractivity contribution in [1.29, 1.82) is 0 Å². The first-order chi connectivity index (χ1) is 11.6. The van der Waals surface area contributed by atoms with E-state index in [0.717, 1.165) is 18.5 Å². The van der Waals surface area contributed by atoms with Crippen LogP contribution in [0.1, 0.15) is 45.1 Å². The van der Waals surface area contributed by atoms with Crippen molar-refractivity contribution in [3.05, 3.63) is 35.9 Å². The predicted molar refractivity (Wildman–Crippen MR) is 97.8 cm³/mol. The zero-order valence-electron chi connectivity index (χ0n) is 15.3. The van der Waals surface area contributed by atoms with E-state index in [1.807, 2.05) is 30.3 Å². The van der Waals surface area contributed by atoms with Crippen molar-refractivity contribution < 1.29 is 9.53 Å². The molecule has 1 fully saturated rings. The molecule has 0 saturated carbocycles. The first kappa shape index (κ1) is 18.8. The van der Waals surface area contributed by atoms with Gasteiger partial charge in [-0.05, 0) is 44.3 Å². The molecular weight excluding hydrogens is 300 g/mol. The number of nitrogens with zero attached hydrogens (tertiary/aromatic N) is 1. The van der Waals surface area contributed by atoms with E-state index in [1.54, 1.807) is 0 Å². The summed E-state index contributed by atoms with van der Waals surface area (Å²) in [5, 5.41) is 2.85. The zero-order valence-corrected chi connectivity index (χ0v) is 15.3. The lowest BCUT2D eigenvalue weighted by atomic mass is 9.85. The minimum Gasteiger partial charge on any atom is -0.449 e. The molecule has 0 bridgehead atoms. The van der Waals surface area contributed by atoms with E-state index in [1.165, 1.54) is 19.3 Å². The van der Waals surface area contributed by atoms with Crippen LogP contribution >= 0.6 is 0 Å². The van der Waals surface area contributed by atoms with Gasteiger partial charge in [-0.3, -0.25) is 0 Å². The van der Waals surface area contributed by atoms with Crippen molar-refractivity contribution in [2.75, 3.05) is 20.2 Å². The second-order valence-corrected chi connectivity index (χ2v) is 7.37. The molecule has 0 radical (unpaired) electrons. The smallest absolute Gasteiger partial charge is 0.407 e. The van der Waals surface area contributed by atoms with E-state index in [2.05, 4.69) is 31.1 Å². The third-order valence-corrected chi connectivity index (χ3v) is 4.85. The van der Waals surface area contributed by atoms with Crippen LogP contribution in [0.4, 0.5) is 4.79 Å². The SMILES string of the molecule is CC(C)CC(COC(=O)NCc1ccccc1)C1CCCCN1C. The molecule has 2 unspecified atom stereocenters. The number of alkyl carbamates (subject to hydrolysis) is 1. The average molecular weight is 332 g/mol. The van der Waals surface area contributed by atoms with Crippen molar-refractivity contribution in [2.24, 2.45) is 11.8 Å². The van der Waals surface area contributed by atoms with Gasteiger partial charge in [-0.15, -0.1) is 0 Å². The summed E-state index contributed by atoms with van der Waals surface area (Å²) in [6.45, 7) is 6.65. The quantitative estimate of drug-likeness (QED) is 0.819. The molecule has 0 aromatic heterocycles. The maximum Gasteiger partial charge on any atom is 0.407 e. The van der Waals surface area contributed by atoms with E-state index >= 15 is 0 Å². The molecule has 1 amide bonds. The predicted octanol–water partition coefficient (Wildman–Crippen LogP) is 4.06. The summed E-state index contributed by atoms with van der Waals surface area (Å²) in [6.07, 6.45) is 4.55. The fourth-order valence-electron chi connectivity index (χ4n) is 3.64. The standard InChI is InChI=1S/C20H32N2O2/c1-16(2)13-18(19-11-7-8-12-22(19)3)15-24-20(23)21-14-17-9-5-4-6-10-17/h4-6,9-10,16,18-19H,7-8,11-15H2,1-3H3,(H,21,23). The molecule has 2 atom stereocenters. The number of benzene rings is 1. The summed E-state index contributed by atoms with van der Waals surface area (Å²) < 4.78 is 5.55. The summed E-state index contributed by atoms with van der Waals surface area (Å²) in [5.41, 5.74) is 1.08. The molecule has 1 N–H and O–H groups in total. The largest absolute Gasteiger partial charge is 0.449 e. The highest BCUT2D eigenvalue weighted by Crippen LogP contribution is 2.27. The maximum absolute atomic E-state index is 12.0. The number of hydrogen-bond acceptors (Lipinski definition) is 3. The van der Waals surface area contributed by atoms with Gasteiger partial charge in [-0.1, -0.05) is 50.6 Å². The molecular formula is C20H32N2O2. The molecule has 4 nitrogen and oxygen atoms in total. The molecule has 134 valence electrons. The molecule has 1 aromatic carbocycles. The lowest BCUT2D eigenvalue weighted by molar-refractivity contribution is 0.0590.